The number of hydrogen-bond donors (Lipinski definition) is 1. The van der Waals surface area contributed by atoms with E-state index in [1.54, 1.807) is 11.3 Å². The van der Waals surface area contributed by atoms with E-state index in [4.69, 9.17) is 5.73 Å². The van der Waals surface area contributed by atoms with Crippen LogP contribution in [0.15, 0.2) is 29.6 Å². The zero-order valence-corrected chi connectivity index (χ0v) is 11.5. The molecule has 0 bridgehead atoms. The SMILES string of the molecule is CC(Cc1cccs1)N(C)c1ccc(CN)nn1. The van der Waals surface area contributed by atoms with Crippen LogP contribution in [0.5, 0.6) is 0 Å². The van der Waals surface area contributed by atoms with Gasteiger partial charge < -0.3 is 10.6 Å². The Kier molecular flexibility index (Phi) is 4.28. The second-order valence-corrected chi connectivity index (χ2v) is 5.36. The van der Waals surface area contributed by atoms with E-state index in [0.717, 1.165) is 17.9 Å². The first-order valence-electron chi connectivity index (χ1n) is 5.98. The van der Waals surface area contributed by atoms with Crippen molar-refractivity contribution in [2.75, 3.05) is 11.9 Å². The number of anilines is 1. The molecule has 0 aliphatic carbocycles. The number of thiophene rings is 1. The van der Waals surface area contributed by atoms with Gasteiger partial charge in [0.05, 0.1) is 5.69 Å². The molecule has 2 aromatic rings. The number of likely N-dealkylation sites (N-methyl/N-ethyl adjacent to an activating group) is 1. The topological polar surface area (TPSA) is 55.0 Å². The van der Waals surface area contributed by atoms with Gasteiger partial charge in [0.1, 0.15) is 0 Å². The van der Waals surface area contributed by atoms with Gasteiger partial charge in [0.15, 0.2) is 5.82 Å². The summed E-state index contributed by atoms with van der Waals surface area (Å²) >= 11 is 1.79. The maximum Gasteiger partial charge on any atom is 0.151 e. The monoisotopic (exact) mass is 262 g/mol. The zero-order chi connectivity index (χ0) is 13.0. The first kappa shape index (κ1) is 13.0. The molecular formula is C13H18N4S. The van der Waals surface area contributed by atoms with E-state index in [-0.39, 0.29) is 0 Å². The summed E-state index contributed by atoms with van der Waals surface area (Å²) in [6.45, 7) is 2.62. The smallest absolute Gasteiger partial charge is 0.151 e. The third-order valence-corrected chi connectivity index (χ3v) is 3.91. The van der Waals surface area contributed by atoms with Crippen molar-refractivity contribution in [2.45, 2.75) is 25.9 Å². The van der Waals surface area contributed by atoms with Gasteiger partial charge in [-0.15, -0.1) is 16.4 Å². The summed E-state index contributed by atoms with van der Waals surface area (Å²) in [7, 11) is 2.05. The van der Waals surface area contributed by atoms with Gasteiger partial charge in [0, 0.05) is 30.9 Å². The highest BCUT2D eigenvalue weighted by Crippen LogP contribution is 2.17. The maximum atomic E-state index is 5.51. The molecule has 0 fully saturated rings. The minimum Gasteiger partial charge on any atom is -0.355 e. The number of hydrogen-bond acceptors (Lipinski definition) is 5. The molecule has 2 N–H and O–H groups in total. The lowest BCUT2D eigenvalue weighted by Crippen LogP contribution is -2.31. The quantitative estimate of drug-likeness (QED) is 0.896. The minimum absolute atomic E-state index is 0.390. The van der Waals surface area contributed by atoms with Crippen LogP contribution in [-0.2, 0) is 13.0 Å². The van der Waals surface area contributed by atoms with Crippen molar-refractivity contribution in [1.29, 1.82) is 0 Å². The van der Waals surface area contributed by atoms with Gasteiger partial charge in [0.25, 0.3) is 0 Å². The van der Waals surface area contributed by atoms with Crippen LogP contribution in [0, 0.1) is 0 Å². The van der Waals surface area contributed by atoms with Gasteiger partial charge >= 0.3 is 0 Å². The Balaban J connectivity index is 2.02. The van der Waals surface area contributed by atoms with Crippen molar-refractivity contribution in [1.82, 2.24) is 10.2 Å². The number of aromatic nitrogens is 2. The van der Waals surface area contributed by atoms with E-state index in [2.05, 4.69) is 39.5 Å². The molecule has 2 heterocycles. The van der Waals surface area contributed by atoms with Crippen molar-refractivity contribution >= 4 is 17.2 Å². The van der Waals surface area contributed by atoms with Crippen LogP contribution in [0.2, 0.25) is 0 Å². The lowest BCUT2D eigenvalue weighted by atomic mass is 10.2. The number of nitrogens with two attached hydrogens (primary N) is 1. The van der Waals surface area contributed by atoms with Crippen molar-refractivity contribution < 1.29 is 0 Å². The molecule has 18 heavy (non-hydrogen) atoms. The number of nitrogens with zero attached hydrogens (tertiary/aromatic N) is 3. The predicted molar refractivity (Wildman–Crippen MR) is 75.8 cm³/mol. The highest BCUT2D eigenvalue weighted by Gasteiger charge is 2.12. The largest absolute Gasteiger partial charge is 0.355 e. The van der Waals surface area contributed by atoms with Gasteiger partial charge in [-0.1, -0.05) is 6.07 Å². The first-order valence-corrected chi connectivity index (χ1v) is 6.86. The third-order valence-electron chi connectivity index (χ3n) is 3.01. The molecule has 0 amide bonds. The van der Waals surface area contributed by atoms with E-state index in [0.29, 0.717) is 12.6 Å². The maximum absolute atomic E-state index is 5.51. The average Bonchev–Trinajstić information content (AvgIpc) is 2.91. The Morgan fingerprint density at radius 1 is 1.33 bits per heavy atom. The summed E-state index contributed by atoms with van der Waals surface area (Å²) in [5, 5.41) is 10.4. The number of rotatable bonds is 5. The molecule has 2 aromatic heterocycles. The molecule has 0 aliphatic rings. The van der Waals surface area contributed by atoms with Gasteiger partial charge in [0.2, 0.25) is 0 Å². The summed E-state index contributed by atoms with van der Waals surface area (Å²) in [5.74, 6) is 0.885. The lowest BCUT2D eigenvalue weighted by Gasteiger charge is -2.25. The molecule has 0 aromatic carbocycles. The van der Waals surface area contributed by atoms with E-state index in [1.807, 2.05) is 19.2 Å². The first-order chi connectivity index (χ1) is 8.70. The Labute approximate surface area is 111 Å². The molecule has 0 saturated carbocycles. The van der Waals surface area contributed by atoms with E-state index < -0.39 is 0 Å². The fourth-order valence-electron chi connectivity index (χ4n) is 1.73. The third kappa shape index (κ3) is 3.05. The van der Waals surface area contributed by atoms with Crippen LogP contribution < -0.4 is 10.6 Å². The summed E-state index contributed by atoms with van der Waals surface area (Å²) in [6, 6.07) is 8.54. The second-order valence-electron chi connectivity index (χ2n) is 4.33. The molecule has 2 rings (SSSR count). The molecule has 0 saturated heterocycles. The summed E-state index contributed by atoms with van der Waals surface area (Å²) in [6.07, 6.45) is 1.02. The highest BCUT2D eigenvalue weighted by atomic mass is 32.1. The molecule has 96 valence electrons. The Hall–Kier alpha value is -1.46. The van der Waals surface area contributed by atoms with Gasteiger partial charge in [-0.05, 0) is 30.5 Å². The van der Waals surface area contributed by atoms with Gasteiger partial charge in [-0.3, -0.25) is 0 Å². The Bertz CT molecular complexity index is 466. The van der Waals surface area contributed by atoms with Gasteiger partial charge in [-0.2, -0.15) is 5.10 Å². The molecule has 0 aliphatic heterocycles. The van der Waals surface area contributed by atoms with Gasteiger partial charge in [-0.25, -0.2) is 0 Å². The fraction of sp³-hybridized carbons (Fsp3) is 0.385. The normalized spacial score (nSPS) is 12.4. The molecule has 5 heteroatoms. The summed E-state index contributed by atoms with van der Waals surface area (Å²) in [5.41, 5.74) is 6.33. The summed E-state index contributed by atoms with van der Waals surface area (Å²) in [4.78, 5) is 3.54. The van der Waals surface area contributed by atoms with Crippen molar-refractivity contribution in [2.24, 2.45) is 5.73 Å². The molecule has 0 radical (unpaired) electrons. The highest BCUT2D eigenvalue weighted by molar-refractivity contribution is 7.09. The van der Waals surface area contributed by atoms with Crippen LogP contribution in [0.3, 0.4) is 0 Å². The lowest BCUT2D eigenvalue weighted by molar-refractivity contribution is 0.673. The molecular weight excluding hydrogens is 244 g/mol. The van der Waals surface area contributed by atoms with E-state index in [1.165, 1.54) is 4.88 Å². The average molecular weight is 262 g/mol. The van der Waals surface area contributed by atoms with Crippen molar-refractivity contribution in [3.8, 4) is 0 Å². The Morgan fingerprint density at radius 3 is 2.72 bits per heavy atom. The molecule has 0 spiro atoms. The van der Waals surface area contributed by atoms with Crippen LogP contribution in [0.1, 0.15) is 17.5 Å². The standard InChI is InChI=1S/C13H18N4S/c1-10(8-12-4-3-7-18-12)17(2)13-6-5-11(9-14)15-16-13/h3-7,10H,8-9,14H2,1-2H3. The molecule has 1 atom stereocenters. The Morgan fingerprint density at radius 2 is 2.17 bits per heavy atom. The van der Waals surface area contributed by atoms with Crippen LogP contribution in [0.4, 0.5) is 5.82 Å². The minimum atomic E-state index is 0.390. The predicted octanol–water partition coefficient (Wildman–Crippen LogP) is 2.06. The van der Waals surface area contributed by atoms with E-state index >= 15 is 0 Å². The van der Waals surface area contributed by atoms with Crippen molar-refractivity contribution in [3.05, 3.63) is 40.2 Å². The van der Waals surface area contributed by atoms with Crippen LogP contribution in [0.25, 0.3) is 0 Å². The van der Waals surface area contributed by atoms with Crippen LogP contribution in [-0.4, -0.2) is 23.3 Å². The molecule has 1 unspecified atom stereocenters. The zero-order valence-electron chi connectivity index (χ0n) is 10.7. The summed E-state index contributed by atoms with van der Waals surface area (Å²) < 4.78 is 0. The molecule has 4 nitrogen and oxygen atoms in total. The van der Waals surface area contributed by atoms with Crippen LogP contribution >= 0.6 is 11.3 Å². The second kappa shape index (κ2) is 5.93. The van der Waals surface area contributed by atoms with Crippen molar-refractivity contribution in [3.63, 3.8) is 0 Å². The van der Waals surface area contributed by atoms with E-state index in [9.17, 15) is 0 Å². The fourth-order valence-corrected chi connectivity index (χ4v) is 2.56.